The van der Waals surface area contributed by atoms with Gasteiger partial charge >= 0.3 is 29.6 Å². The minimum Gasteiger partial charge on any atom is -1.00 e. The Morgan fingerprint density at radius 3 is 1.04 bits per heavy atom. The summed E-state index contributed by atoms with van der Waals surface area (Å²) in [4.78, 5) is 13.1. The van der Waals surface area contributed by atoms with Gasteiger partial charge in [-0.3, -0.25) is 4.79 Å². The first-order valence-corrected chi connectivity index (χ1v) is 41.7. The van der Waals surface area contributed by atoms with Gasteiger partial charge in [0.05, 0.1) is 29.0 Å². The number of aliphatic hydroxyl groups excluding tert-OH is 3. The minimum absolute atomic E-state index is 0. The molecule has 545 valence electrons. The molecule has 3 radical (unpaired) electrons. The van der Waals surface area contributed by atoms with Gasteiger partial charge in [-0.2, -0.15) is 0 Å². The fourth-order valence-corrected chi connectivity index (χ4v) is 27.6. The van der Waals surface area contributed by atoms with Crippen molar-refractivity contribution >= 4 is 14.2 Å². The van der Waals surface area contributed by atoms with E-state index in [2.05, 4.69) is 101 Å². The van der Waals surface area contributed by atoms with Gasteiger partial charge in [0, 0.05) is 27.9 Å². The van der Waals surface area contributed by atoms with Gasteiger partial charge in [-0.05, 0) is 339 Å². The van der Waals surface area contributed by atoms with E-state index in [9.17, 15) is 30.3 Å². The number of allylic oxidation sites excluding steroid dienone is 3. The van der Waals surface area contributed by atoms with Crippen molar-refractivity contribution in [2.24, 2.45) is 139 Å². The Hall–Kier alpha value is -0.285. The molecule has 15 aliphatic carbocycles. The van der Waals surface area contributed by atoms with Gasteiger partial charge in [-0.1, -0.05) is 157 Å². The summed E-state index contributed by atoms with van der Waals surface area (Å²) in [6.45, 7) is 28.9. The van der Waals surface area contributed by atoms with Crippen molar-refractivity contribution in [1.29, 1.82) is 0 Å². The van der Waals surface area contributed by atoms with Gasteiger partial charge in [-0.15, -0.1) is 0 Å². The van der Waals surface area contributed by atoms with Gasteiger partial charge in [0.25, 0.3) is 0 Å². The van der Waals surface area contributed by atoms with Crippen molar-refractivity contribution in [2.75, 3.05) is 7.11 Å². The van der Waals surface area contributed by atoms with Crippen LogP contribution in [0.15, 0.2) is 34.9 Å². The molecule has 6 N–H and O–H groups in total. The third-order valence-electron chi connectivity index (χ3n) is 35.2. The molecule has 0 aromatic rings. The van der Waals surface area contributed by atoms with Crippen molar-refractivity contribution < 1.29 is 66.4 Å². The molecule has 0 heterocycles. The van der Waals surface area contributed by atoms with Crippen LogP contribution >= 0.6 is 0 Å². The van der Waals surface area contributed by atoms with Crippen LogP contribution in [-0.4, -0.2) is 81.0 Å². The van der Waals surface area contributed by atoms with E-state index in [0.717, 1.165) is 168 Å². The van der Waals surface area contributed by atoms with E-state index in [1.165, 1.54) is 161 Å². The Labute approximate surface area is 619 Å². The van der Waals surface area contributed by atoms with E-state index in [4.69, 9.17) is 5.11 Å². The molecule has 15 rings (SSSR count). The van der Waals surface area contributed by atoms with E-state index in [0.29, 0.717) is 67.9 Å². The maximum atomic E-state index is 13.1. The third-order valence-corrected chi connectivity index (χ3v) is 35.2. The fourth-order valence-electron chi connectivity index (χ4n) is 27.6. The van der Waals surface area contributed by atoms with Crippen LogP contribution in [0.5, 0.6) is 0 Å². The Morgan fingerprint density at radius 2 is 0.732 bits per heavy atom. The smallest absolute Gasteiger partial charge is 1.00 e. The van der Waals surface area contributed by atoms with Crippen LogP contribution in [0.1, 0.15) is 335 Å². The maximum absolute atomic E-state index is 13.1. The first-order chi connectivity index (χ1) is 45.1. The number of fused-ring (bicyclic) bond motifs is 15. The molecule has 15 aliphatic rings. The average Bonchev–Trinajstić information content (AvgIpc) is 0.996. The molecule has 7 nitrogen and oxygen atoms in total. The predicted octanol–water partition coefficient (Wildman–Crippen LogP) is 17.2. The molecule has 9 heteroatoms. The number of carbonyl (C=O) groups excluding carboxylic acids is 1. The Morgan fingerprint density at radius 1 is 0.433 bits per heavy atom. The summed E-state index contributed by atoms with van der Waals surface area (Å²) in [6.07, 6.45) is 54.0. The van der Waals surface area contributed by atoms with Gasteiger partial charge in [0.15, 0.2) is 0 Å². The number of hydrogen-bond donors (Lipinski definition) is 6. The summed E-state index contributed by atoms with van der Waals surface area (Å²) in [5.41, 5.74) is 5.52. The molecule has 12 fully saturated rings. The van der Waals surface area contributed by atoms with Gasteiger partial charge in [0.2, 0.25) is 0 Å². The van der Waals surface area contributed by atoms with Crippen molar-refractivity contribution in [3.05, 3.63) is 34.9 Å². The molecule has 0 saturated heterocycles. The molecule has 0 aromatic carbocycles. The van der Waals surface area contributed by atoms with Gasteiger partial charge in [-0.25, -0.2) is 0 Å². The Kier molecular flexibility index (Phi) is 25.0. The van der Waals surface area contributed by atoms with E-state index >= 15 is 0 Å². The molecule has 97 heavy (non-hydrogen) atoms. The standard InChI is InChI=1S/2C29H48O2.C29H46O2.CH4O.B.Na.H/c3*1-5-29(31)17-16-27(3)21(18-29)9-10-22-24-12-11-23(28(24,4)15-14-25(22)27)19(2)26(30)13-8-20-6-7-20;1-2;;;/h2*9,19-20,22-26,30-31H,5-8,10-18H2,1-4H3;9,19-20,22-25,31H,5-8,10-18H2,1-4H3;2H,1H3;;;/q;;;;;+1;-1/t19-,22-,23+,24-,25-,26+,27-,28+,29-;19-,22-,23+,24-,25-,26-,27-,28+,29-;19-,22-,23+,24-,25-,27-,28+,29-;;;;/m000..../s1. The minimum atomic E-state index is -0.462. The number of carbonyl (C=O) groups is 1. The zero-order valence-corrected chi connectivity index (χ0v) is 67.0. The zero-order chi connectivity index (χ0) is 68.1. The molecular formula is C88H147BNaO7. The summed E-state index contributed by atoms with van der Waals surface area (Å²) < 4.78 is 0. The second-order valence-corrected chi connectivity index (χ2v) is 39.4. The quantitative estimate of drug-likeness (QED) is 0.0594. The largest absolute Gasteiger partial charge is 1.00 e. The monoisotopic (exact) mass is 1350 g/mol. The molecule has 0 aromatic heterocycles. The fraction of sp³-hybridized carbons (Fsp3) is 0.920. The van der Waals surface area contributed by atoms with E-state index < -0.39 is 16.8 Å². The van der Waals surface area contributed by atoms with Crippen LogP contribution in [0, 0.1) is 139 Å². The van der Waals surface area contributed by atoms with Gasteiger partial charge < -0.3 is 32.1 Å². The summed E-state index contributed by atoms with van der Waals surface area (Å²) in [5, 5.41) is 62.0. The molecule has 0 amide bonds. The van der Waals surface area contributed by atoms with E-state index in [1.54, 1.807) is 16.7 Å². The molecule has 0 aliphatic heterocycles. The molecular weight excluding hydrogens is 1200 g/mol. The molecule has 26 atom stereocenters. The normalized spacial score (nSPS) is 46.6. The van der Waals surface area contributed by atoms with Gasteiger partial charge in [0.1, 0.15) is 5.78 Å². The van der Waals surface area contributed by atoms with Crippen LogP contribution in [0.2, 0.25) is 0 Å². The van der Waals surface area contributed by atoms with Crippen LogP contribution in [0.3, 0.4) is 0 Å². The number of aliphatic hydroxyl groups is 6. The van der Waals surface area contributed by atoms with Crippen LogP contribution < -0.4 is 29.6 Å². The summed E-state index contributed by atoms with van der Waals surface area (Å²) >= 11 is 0. The van der Waals surface area contributed by atoms with Crippen LogP contribution in [-0.2, 0) is 4.79 Å². The topological polar surface area (TPSA) is 138 Å². The predicted molar refractivity (Wildman–Crippen MR) is 397 cm³/mol. The number of ketones is 1. The zero-order valence-electron chi connectivity index (χ0n) is 66.0. The van der Waals surface area contributed by atoms with Crippen molar-refractivity contribution in [2.45, 2.75) is 363 Å². The Bertz CT molecular complexity index is 2660. The Balaban J connectivity index is 0.000000167. The van der Waals surface area contributed by atoms with Crippen molar-refractivity contribution in [3.63, 3.8) is 0 Å². The summed E-state index contributed by atoms with van der Waals surface area (Å²) in [7, 11) is 1.00. The molecule has 12 saturated carbocycles. The first kappa shape index (κ1) is 79.3. The second-order valence-electron chi connectivity index (χ2n) is 39.4. The van der Waals surface area contributed by atoms with Crippen molar-refractivity contribution in [3.8, 4) is 0 Å². The number of Topliss-reactive ketones (excluding diaryl/α,β-unsaturated/α-hetero) is 1. The molecule has 0 spiro atoms. The second kappa shape index (κ2) is 30.5. The maximum Gasteiger partial charge on any atom is 1.00 e. The molecule has 0 unspecified atom stereocenters. The summed E-state index contributed by atoms with van der Waals surface area (Å²) in [5.74, 6) is 13.7. The number of rotatable bonds is 18. The SMILES string of the molecule is CC[C@]1(O)CC[C@@]2(C)C(=CC[C@H]3[C@@H]4CC[C@H]([C@H](C)C(=O)CCC5CC5)[C@@]4(C)CC[C@@H]32)C1.CC[C@]1(O)CC[C@@]2(C)C(=CC[C@H]3[C@@H]4CC[C@H]([C@H](C)[C@@H](O)CCC5CC5)[C@@]4(C)CC[C@@H]32)C1.CC[C@]1(O)CC[C@@]2(C)C(=CC[C@H]3[C@@H]4CC[C@H]([C@H](C)[C@H](O)CCC5CC5)[C@@]4(C)CC[C@@H]32)C1.CO.[B].[H-].[Na+]. The van der Waals surface area contributed by atoms with Crippen molar-refractivity contribution in [1.82, 2.24) is 0 Å². The van der Waals surface area contributed by atoms with E-state index in [-0.39, 0.29) is 57.5 Å². The molecule has 0 bridgehead atoms. The first-order valence-electron chi connectivity index (χ1n) is 41.7. The van der Waals surface area contributed by atoms with Crippen LogP contribution in [0.25, 0.3) is 0 Å². The summed E-state index contributed by atoms with van der Waals surface area (Å²) in [6, 6.07) is 0. The third kappa shape index (κ3) is 15.0. The van der Waals surface area contributed by atoms with Crippen LogP contribution in [0.4, 0.5) is 0 Å². The number of hydrogen-bond acceptors (Lipinski definition) is 7. The van der Waals surface area contributed by atoms with E-state index in [1.807, 2.05) is 0 Å². The average molecular weight is 1350 g/mol.